The van der Waals surface area contributed by atoms with Crippen molar-refractivity contribution in [2.45, 2.75) is 18.6 Å². The van der Waals surface area contributed by atoms with E-state index in [-0.39, 0.29) is 18.7 Å². The first kappa shape index (κ1) is 21.2. The van der Waals surface area contributed by atoms with Crippen molar-refractivity contribution in [3.05, 3.63) is 66.3 Å². The molecule has 0 spiro atoms. The summed E-state index contributed by atoms with van der Waals surface area (Å²) in [5, 5.41) is 15.5. The SMILES string of the molecule is OC(CN1CCCN(c2ncc(F)cn2)CC1)(Cn1cncn1)c1ccc(F)cc1F. The molecule has 1 fully saturated rings. The van der Waals surface area contributed by atoms with Gasteiger partial charge in [-0.2, -0.15) is 5.10 Å². The zero-order valence-electron chi connectivity index (χ0n) is 16.7. The summed E-state index contributed by atoms with van der Waals surface area (Å²) in [5.74, 6) is -1.60. The number of halogens is 3. The molecule has 1 atom stereocenters. The largest absolute Gasteiger partial charge is 0.382 e. The van der Waals surface area contributed by atoms with E-state index < -0.39 is 23.1 Å². The molecule has 1 N–H and O–H groups in total. The zero-order chi connectivity index (χ0) is 21.8. The van der Waals surface area contributed by atoms with Crippen molar-refractivity contribution in [3.63, 3.8) is 0 Å². The smallest absolute Gasteiger partial charge is 0.225 e. The molecule has 1 aliphatic rings. The minimum absolute atomic E-state index is 0.00706. The zero-order valence-corrected chi connectivity index (χ0v) is 16.7. The molecular formula is C20H22F3N7O. The Morgan fingerprint density at radius 3 is 2.48 bits per heavy atom. The third-order valence-corrected chi connectivity index (χ3v) is 5.29. The number of anilines is 1. The maximum absolute atomic E-state index is 14.6. The van der Waals surface area contributed by atoms with Crippen LogP contribution in [-0.2, 0) is 12.1 Å². The number of rotatable bonds is 6. The van der Waals surface area contributed by atoms with E-state index >= 15 is 0 Å². The number of hydrogen-bond acceptors (Lipinski definition) is 7. The third kappa shape index (κ3) is 5.00. The summed E-state index contributed by atoms with van der Waals surface area (Å²) in [6, 6.07) is 3.15. The molecule has 0 radical (unpaired) electrons. The van der Waals surface area contributed by atoms with Crippen LogP contribution >= 0.6 is 0 Å². The van der Waals surface area contributed by atoms with E-state index in [0.717, 1.165) is 30.9 Å². The molecule has 3 aromatic rings. The van der Waals surface area contributed by atoms with Crippen molar-refractivity contribution in [3.8, 4) is 0 Å². The fraction of sp³-hybridized carbons (Fsp3) is 0.400. The van der Waals surface area contributed by atoms with Gasteiger partial charge in [0.15, 0.2) is 5.82 Å². The van der Waals surface area contributed by atoms with Crippen LogP contribution in [0.3, 0.4) is 0 Å². The van der Waals surface area contributed by atoms with Crippen LogP contribution in [0.15, 0.2) is 43.2 Å². The van der Waals surface area contributed by atoms with Gasteiger partial charge < -0.3 is 10.0 Å². The van der Waals surface area contributed by atoms with E-state index in [2.05, 4.69) is 20.1 Å². The molecule has 164 valence electrons. The lowest BCUT2D eigenvalue weighted by Gasteiger charge is -2.34. The van der Waals surface area contributed by atoms with Gasteiger partial charge in [-0.3, -0.25) is 4.90 Å². The normalized spacial score (nSPS) is 17.4. The van der Waals surface area contributed by atoms with Crippen LogP contribution in [-0.4, -0.2) is 67.5 Å². The van der Waals surface area contributed by atoms with Gasteiger partial charge in [-0.1, -0.05) is 6.07 Å². The van der Waals surface area contributed by atoms with Crippen LogP contribution in [0.25, 0.3) is 0 Å². The molecule has 31 heavy (non-hydrogen) atoms. The molecule has 0 bridgehead atoms. The van der Waals surface area contributed by atoms with Gasteiger partial charge in [0.25, 0.3) is 0 Å². The van der Waals surface area contributed by atoms with Crippen molar-refractivity contribution in [2.24, 2.45) is 0 Å². The summed E-state index contributed by atoms with van der Waals surface area (Å²) in [4.78, 5) is 15.9. The predicted molar refractivity (Wildman–Crippen MR) is 106 cm³/mol. The van der Waals surface area contributed by atoms with Gasteiger partial charge in [0.05, 0.1) is 18.9 Å². The second kappa shape index (κ2) is 8.98. The quantitative estimate of drug-likeness (QED) is 0.632. The Bertz CT molecular complexity index is 1000. The molecule has 0 amide bonds. The minimum Gasteiger partial charge on any atom is -0.382 e. The molecule has 8 nitrogen and oxygen atoms in total. The lowest BCUT2D eigenvalue weighted by molar-refractivity contribution is -0.0201. The Hall–Kier alpha value is -3.05. The average molecular weight is 433 g/mol. The van der Waals surface area contributed by atoms with Gasteiger partial charge in [0.2, 0.25) is 5.95 Å². The third-order valence-electron chi connectivity index (χ3n) is 5.29. The second-order valence-electron chi connectivity index (χ2n) is 7.57. The monoisotopic (exact) mass is 433 g/mol. The summed E-state index contributed by atoms with van der Waals surface area (Å²) < 4.78 is 42.6. The molecular weight excluding hydrogens is 411 g/mol. The fourth-order valence-corrected chi connectivity index (χ4v) is 3.84. The van der Waals surface area contributed by atoms with Crippen LogP contribution in [0.2, 0.25) is 0 Å². The first-order valence-electron chi connectivity index (χ1n) is 9.88. The van der Waals surface area contributed by atoms with Gasteiger partial charge in [-0.05, 0) is 12.5 Å². The van der Waals surface area contributed by atoms with E-state index in [1.807, 2.05) is 9.80 Å². The predicted octanol–water partition coefficient (Wildman–Crippen LogP) is 1.59. The summed E-state index contributed by atoms with van der Waals surface area (Å²) in [6.07, 6.45) is 5.75. The molecule has 4 rings (SSSR count). The molecule has 1 aromatic carbocycles. The highest BCUT2D eigenvalue weighted by Gasteiger charge is 2.36. The van der Waals surface area contributed by atoms with E-state index in [1.165, 1.54) is 23.4 Å². The molecule has 2 aromatic heterocycles. The Kier molecular flexibility index (Phi) is 6.14. The fourth-order valence-electron chi connectivity index (χ4n) is 3.84. The van der Waals surface area contributed by atoms with E-state index in [9.17, 15) is 18.3 Å². The average Bonchev–Trinajstić information content (AvgIpc) is 3.12. The number of aliphatic hydroxyl groups is 1. The van der Waals surface area contributed by atoms with E-state index in [1.54, 1.807) is 0 Å². The molecule has 0 aliphatic carbocycles. The first-order chi connectivity index (χ1) is 14.9. The Balaban J connectivity index is 1.53. The van der Waals surface area contributed by atoms with Crippen molar-refractivity contribution < 1.29 is 18.3 Å². The maximum Gasteiger partial charge on any atom is 0.225 e. The van der Waals surface area contributed by atoms with Crippen molar-refractivity contribution in [2.75, 3.05) is 37.6 Å². The number of hydrogen-bond donors (Lipinski definition) is 1. The molecule has 1 saturated heterocycles. The number of aromatic nitrogens is 5. The van der Waals surface area contributed by atoms with Crippen LogP contribution < -0.4 is 4.90 Å². The van der Waals surface area contributed by atoms with E-state index in [4.69, 9.17) is 0 Å². The van der Waals surface area contributed by atoms with Gasteiger partial charge in [-0.15, -0.1) is 0 Å². The summed E-state index contributed by atoms with van der Waals surface area (Å²) >= 11 is 0. The Morgan fingerprint density at radius 1 is 0.968 bits per heavy atom. The summed E-state index contributed by atoms with van der Waals surface area (Å²) in [6.45, 7) is 2.46. The lowest BCUT2D eigenvalue weighted by Crippen LogP contribution is -2.46. The van der Waals surface area contributed by atoms with Crippen molar-refractivity contribution in [1.82, 2.24) is 29.6 Å². The summed E-state index contributed by atoms with van der Waals surface area (Å²) in [7, 11) is 0. The Morgan fingerprint density at radius 2 is 1.77 bits per heavy atom. The van der Waals surface area contributed by atoms with Gasteiger partial charge in [-0.25, -0.2) is 32.8 Å². The topological polar surface area (TPSA) is 83.2 Å². The molecule has 0 saturated carbocycles. The number of benzene rings is 1. The first-order valence-corrected chi connectivity index (χ1v) is 9.88. The van der Waals surface area contributed by atoms with Gasteiger partial charge in [0.1, 0.15) is 29.9 Å². The Labute approximate surface area is 177 Å². The van der Waals surface area contributed by atoms with Gasteiger partial charge >= 0.3 is 0 Å². The standard InChI is InChI=1S/C20H22F3N7O/c21-15-2-3-17(18(23)8-15)20(31,12-30-14-24-13-27-30)11-28-4-1-5-29(7-6-28)19-25-9-16(22)10-26-19/h2-3,8-10,13-14,31H,1,4-7,11-12H2. The molecule has 3 heterocycles. The molecule has 11 heteroatoms. The van der Waals surface area contributed by atoms with E-state index in [0.29, 0.717) is 32.1 Å². The highest BCUT2D eigenvalue weighted by atomic mass is 19.1. The lowest BCUT2D eigenvalue weighted by atomic mass is 9.92. The number of nitrogens with zero attached hydrogens (tertiary/aromatic N) is 7. The summed E-state index contributed by atoms with van der Waals surface area (Å²) in [5.41, 5.74) is -1.67. The highest BCUT2D eigenvalue weighted by molar-refractivity contribution is 5.29. The van der Waals surface area contributed by atoms with Crippen LogP contribution in [0.4, 0.5) is 19.1 Å². The van der Waals surface area contributed by atoms with Gasteiger partial charge in [0, 0.05) is 44.4 Å². The molecule has 1 unspecified atom stereocenters. The van der Waals surface area contributed by atoms with Crippen molar-refractivity contribution >= 4 is 5.95 Å². The minimum atomic E-state index is -1.66. The highest BCUT2D eigenvalue weighted by Crippen LogP contribution is 2.28. The number of β-amino-alcohol motifs (C(OH)–C–C–N with tert-alkyl or cyclic N) is 1. The van der Waals surface area contributed by atoms with Crippen LogP contribution in [0.1, 0.15) is 12.0 Å². The van der Waals surface area contributed by atoms with Crippen LogP contribution in [0, 0.1) is 17.5 Å². The van der Waals surface area contributed by atoms with Crippen LogP contribution in [0.5, 0.6) is 0 Å². The second-order valence-corrected chi connectivity index (χ2v) is 7.57. The maximum atomic E-state index is 14.6. The molecule has 1 aliphatic heterocycles. The van der Waals surface area contributed by atoms with Crippen molar-refractivity contribution in [1.29, 1.82) is 0 Å².